The molecule has 0 bridgehead atoms. The van der Waals surface area contributed by atoms with E-state index in [0.29, 0.717) is 6.42 Å². The Hall–Kier alpha value is -1.80. The molecule has 1 aliphatic rings. The van der Waals surface area contributed by atoms with Crippen molar-refractivity contribution in [2.45, 2.75) is 24.7 Å². The van der Waals surface area contributed by atoms with E-state index < -0.39 is 5.41 Å². The molecule has 2 rings (SSSR count). The molecule has 0 radical (unpaired) electrons. The van der Waals surface area contributed by atoms with Gasteiger partial charge in [-0.15, -0.1) is 0 Å². The quantitative estimate of drug-likeness (QED) is 0.434. The fourth-order valence-electron chi connectivity index (χ4n) is 2.40. The molecule has 16 heavy (non-hydrogen) atoms. The van der Waals surface area contributed by atoms with Crippen LogP contribution in [0.3, 0.4) is 0 Å². The summed E-state index contributed by atoms with van der Waals surface area (Å²) in [6, 6.07) is 9.63. The smallest absolute Gasteiger partial charge is 0.143 e. The second kappa shape index (κ2) is 4.37. The van der Waals surface area contributed by atoms with Gasteiger partial charge in [0.2, 0.25) is 0 Å². The minimum atomic E-state index is -0.562. The molecule has 0 amide bonds. The van der Waals surface area contributed by atoms with Gasteiger partial charge in [0, 0.05) is 17.9 Å². The van der Waals surface area contributed by atoms with Crippen molar-refractivity contribution in [1.29, 1.82) is 0 Å². The molecule has 1 aliphatic carbocycles. The Labute approximate surface area is 93.9 Å². The van der Waals surface area contributed by atoms with E-state index in [-0.39, 0.29) is 12.3 Å². The normalized spacial score (nSPS) is 24.1. The third kappa shape index (κ3) is 1.68. The Balaban J connectivity index is 2.42. The number of rotatable bonds is 3. The highest BCUT2D eigenvalue weighted by Gasteiger charge is 2.42. The minimum absolute atomic E-state index is 0.200. The first-order chi connectivity index (χ1) is 7.79. The van der Waals surface area contributed by atoms with Gasteiger partial charge in [-0.25, -0.2) is 0 Å². The topological polar surface area (TPSA) is 65.8 Å². The molecule has 0 aliphatic heterocycles. The number of carbonyl (C=O) groups excluding carboxylic acids is 1. The summed E-state index contributed by atoms with van der Waals surface area (Å²) in [6.45, 7) is 0.242. The molecule has 4 nitrogen and oxygen atoms in total. The number of azide groups is 1. The minimum Gasteiger partial charge on any atom is -0.299 e. The monoisotopic (exact) mass is 215 g/mol. The molecule has 1 aromatic carbocycles. The molecule has 1 aromatic rings. The van der Waals surface area contributed by atoms with Gasteiger partial charge in [0.25, 0.3) is 0 Å². The van der Waals surface area contributed by atoms with Gasteiger partial charge in [0.05, 0.1) is 5.41 Å². The first-order valence-electron chi connectivity index (χ1n) is 5.39. The third-order valence-electron chi connectivity index (χ3n) is 3.27. The van der Waals surface area contributed by atoms with Gasteiger partial charge in [-0.2, -0.15) is 0 Å². The number of hydrogen-bond donors (Lipinski definition) is 0. The van der Waals surface area contributed by atoms with E-state index in [0.717, 1.165) is 18.4 Å². The molecule has 1 saturated carbocycles. The number of carbonyl (C=O) groups is 1. The molecule has 0 heterocycles. The molecule has 0 saturated heterocycles. The average Bonchev–Trinajstić information content (AvgIpc) is 2.70. The van der Waals surface area contributed by atoms with Crippen LogP contribution in [0.4, 0.5) is 0 Å². The first kappa shape index (κ1) is 10.7. The zero-order chi connectivity index (χ0) is 11.4. The summed E-state index contributed by atoms with van der Waals surface area (Å²) in [7, 11) is 0. The van der Waals surface area contributed by atoms with E-state index in [1.54, 1.807) is 0 Å². The molecule has 1 fully saturated rings. The van der Waals surface area contributed by atoms with Gasteiger partial charge >= 0.3 is 0 Å². The van der Waals surface area contributed by atoms with Crippen LogP contribution in [0, 0.1) is 0 Å². The van der Waals surface area contributed by atoms with Crippen LogP contribution >= 0.6 is 0 Å². The Morgan fingerprint density at radius 2 is 2.12 bits per heavy atom. The summed E-state index contributed by atoms with van der Waals surface area (Å²) in [5, 5.41) is 3.61. The lowest BCUT2D eigenvalue weighted by atomic mass is 9.78. The number of hydrogen-bond acceptors (Lipinski definition) is 2. The number of Topliss-reactive ketones (excluding diaryl/α,β-unsaturated/α-hetero) is 1. The van der Waals surface area contributed by atoms with Crippen LogP contribution in [0.2, 0.25) is 0 Å². The van der Waals surface area contributed by atoms with E-state index in [4.69, 9.17) is 5.53 Å². The molecule has 1 atom stereocenters. The van der Waals surface area contributed by atoms with E-state index in [1.165, 1.54) is 0 Å². The van der Waals surface area contributed by atoms with Crippen LogP contribution in [0.25, 0.3) is 10.4 Å². The summed E-state index contributed by atoms with van der Waals surface area (Å²) in [4.78, 5) is 14.8. The molecule has 0 aromatic heterocycles. The lowest BCUT2D eigenvalue weighted by Gasteiger charge is -2.25. The third-order valence-corrected chi connectivity index (χ3v) is 3.27. The molecular weight excluding hydrogens is 202 g/mol. The van der Waals surface area contributed by atoms with Crippen molar-refractivity contribution in [3.05, 3.63) is 46.3 Å². The van der Waals surface area contributed by atoms with E-state index >= 15 is 0 Å². The van der Waals surface area contributed by atoms with E-state index in [9.17, 15) is 4.79 Å². The van der Waals surface area contributed by atoms with Crippen molar-refractivity contribution in [1.82, 2.24) is 0 Å². The fraction of sp³-hybridized carbons (Fsp3) is 0.417. The lowest BCUT2D eigenvalue weighted by Crippen LogP contribution is -2.34. The second-order valence-corrected chi connectivity index (χ2v) is 4.11. The van der Waals surface area contributed by atoms with Crippen LogP contribution in [-0.2, 0) is 10.2 Å². The molecule has 0 unspecified atom stereocenters. The zero-order valence-electron chi connectivity index (χ0n) is 8.97. The Kier molecular flexibility index (Phi) is 2.93. The van der Waals surface area contributed by atoms with Crippen LogP contribution < -0.4 is 0 Å². The maximum absolute atomic E-state index is 12.0. The van der Waals surface area contributed by atoms with Gasteiger partial charge < -0.3 is 0 Å². The maximum Gasteiger partial charge on any atom is 0.143 e. The molecule has 0 spiro atoms. The predicted molar refractivity (Wildman–Crippen MR) is 61.0 cm³/mol. The Bertz CT molecular complexity index is 437. The standard InChI is InChI=1S/C12H13N3O/c13-15-14-9-12(8-4-7-11(12)16)10-5-2-1-3-6-10/h1-3,5-6H,4,7-9H2/t12-/m0/s1. The van der Waals surface area contributed by atoms with Crippen LogP contribution in [0.15, 0.2) is 35.4 Å². The van der Waals surface area contributed by atoms with Crippen molar-refractivity contribution in [3.8, 4) is 0 Å². The largest absolute Gasteiger partial charge is 0.299 e. The average molecular weight is 215 g/mol. The summed E-state index contributed by atoms with van der Waals surface area (Å²) < 4.78 is 0. The Morgan fingerprint density at radius 1 is 1.38 bits per heavy atom. The number of nitrogens with zero attached hydrogens (tertiary/aromatic N) is 3. The van der Waals surface area contributed by atoms with E-state index in [1.807, 2.05) is 30.3 Å². The zero-order valence-corrected chi connectivity index (χ0v) is 8.97. The highest BCUT2D eigenvalue weighted by atomic mass is 16.1. The molecule has 0 N–H and O–H groups in total. The summed E-state index contributed by atoms with van der Waals surface area (Å²) in [5.74, 6) is 0.200. The highest BCUT2D eigenvalue weighted by Crippen LogP contribution is 2.38. The van der Waals surface area contributed by atoms with Crippen molar-refractivity contribution in [3.63, 3.8) is 0 Å². The van der Waals surface area contributed by atoms with Crippen molar-refractivity contribution >= 4 is 5.78 Å². The highest BCUT2D eigenvalue weighted by molar-refractivity contribution is 5.92. The predicted octanol–water partition coefficient (Wildman–Crippen LogP) is 2.99. The molecule has 4 heteroatoms. The number of ketones is 1. The maximum atomic E-state index is 12.0. The first-order valence-corrected chi connectivity index (χ1v) is 5.39. The van der Waals surface area contributed by atoms with Gasteiger partial charge in [0.15, 0.2) is 0 Å². The van der Waals surface area contributed by atoms with E-state index in [2.05, 4.69) is 10.0 Å². The van der Waals surface area contributed by atoms with Gasteiger partial charge in [-0.3, -0.25) is 4.79 Å². The Morgan fingerprint density at radius 3 is 2.69 bits per heavy atom. The number of benzene rings is 1. The van der Waals surface area contributed by atoms with Gasteiger partial charge in [0.1, 0.15) is 5.78 Å². The van der Waals surface area contributed by atoms with Crippen LogP contribution in [0.5, 0.6) is 0 Å². The van der Waals surface area contributed by atoms with Crippen LogP contribution in [-0.4, -0.2) is 12.3 Å². The summed E-state index contributed by atoms with van der Waals surface area (Å²) in [5.41, 5.74) is 8.84. The lowest BCUT2D eigenvalue weighted by molar-refractivity contribution is -0.121. The molecule has 82 valence electrons. The fourth-order valence-corrected chi connectivity index (χ4v) is 2.40. The molecular formula is C12H13N3O. The van der Waals surface area contributed by atoms with Gasteiger partial charge in [-0.05, 0) is 23.9 Å². The van der Waals surface area contributed by atoms with Gasteiger partial charge in [-0.1, -0.05) is 35.4 Å². The van der Waals surface area contributed by atoms with Crippen molar-refractivity contribution in [2.24, 2.45) is 5.11 Å². The van der Waals surface area contributed by atoms with Crippen molar-refractivity contribution in [2.75, 3.05) is 6.54 Å². The van der Waals surface area contributed by atoms with Crippen LogP contribution in [0.1, 0.15) is 24.8 Å². The summed E-state index contributed by atoms with van der Waals surface area (Å²) in [6.07, 6.45) is 2.26. The second-order valence-electron chi connectivity index (χ2n) is 4.11. The SMILES string of the molecule is [N-]=[N+]=NC[C@]1(c2ccccc2)CCCC1=O. The summed E-state index contributed by atoms with van der Waals surface area (Å²) >= 11 is 0. The van der Waals surface area contributed by atoms with Crippen molar-refractivity contribution < 1.29 is 4.79 Å².